The first-order valence-corrected chi connectivity index (χ1v) is 7.55. The third-order valence-electron chi connectivity index (χ3n) is 4.12. The summed E-state index contributed by atoms with van der Waals surface area (Å²) in [6, 6.07) is 5.38. The lowest BCUT2D eigenvalue weighted by molar-refractivity contribution is -0.153. The number of carbonyl (C=O) groups excluding carboxylic acids is 2. The molecule has 0 radical (unpaired) electrons. The smallest absolute Gasteiger partial charge is 0.254 e. The number of hydrogen-bond donors (Lipinski definition) is 2. The number of morpholine rings is 1. The number of aryl methyl sites for hydroxylation is 1. The molecule has 0 bridgehead atoms. The number of H-pyrrole nitrogens is 1. The highest BCUT2D eigenvalue weighted by atomic mass is 16.5. The summed E-state index contributed by atoms with van der Waals surface area (Å²) >= 11 is 0. The minimum Gasteiger partial charge on any atom is -0.362 e. The van der Waals surface area contributed by atoms with Gasteiger partial charge in [-0.05, 0) is 32.0 Å². The highest BCUT2D eigenvalue weighted by molar-refractivity contribution is 5.98. The number of ether oxygens (including phenoxy) is 1. The van der Waals surface area contributed by atoms with E-state index in [0.717, 1.165) is 16.9 Å². The molecule has 1 aliphatic rings. The first kappa shape index (κ1) is 15.5. The molecule has 122 valence electrons. The predicted octanol–water partition coefficient (Wildman–Crippen LogP) is 0.848. The number of benzene rings is 1. The van der Waals surface area contributed by atoms with Gasteiger partial charge in [-0.1, -0.05) is 0 Å². The molecule has 1 aromatic carbocycles. The summed E-state index contributed by atoms with van der Waals surface area (Å²) in [6.45, 7) is 4.60. The van der Waals surface area contributed by atoms with Crippen LogP contribution in [0.5, 0.6) is 0 Å². The largest absolute Gasteiger partial charge is 0.362 e. The maximum atomic E-state index is 12.8. The van der Waals surface area contributed by atoms with Crippen molar-refractivity contribution < 1.29 is 14.3 Å². The van der Waals surface area contributed by atoms with Gasteiger partial charge in [0.15, 0.2) is 5.60 Å². The zero-order valence-corrected chi connectivity index (χ0v) is 13.5. The number of aromatic nitrogens is 2. The van der Waals surface area contributed by atoms with E-state index in [-0.39, 0.29) is 18.4 Å². The van der Waals surface area contributed by atoms with Gasteiger partial charge in [-0.25, -0.2) is 4.98 Å². The molecule has 2 heterocycles. The Morgan fingerprint density at radius 1 is 1.43 bits per heavy atom. The lowest BCUT2D eigenvalue weighted by atomic mass is 10.0. The Kier molecular flexibility index (Phi) is 3.81. The van der Waals surface area contributed by atoms with E-state index < -0.39 is 5.60 Å². The maximum absolute atomic E-state index is 12.8. The van der Waals surface area contributed by atoms with Gasteiger partial charge in [0, 0.05) is 19.2 Å². The second-order valence-corrected chi connectivity index (χ2v) is 5.94. The van der Waals surface area contributed by atoms with Crippen molar-refractivity contribution in [1.82, 2.24) is 20.2 Å². The van der Waals surface area contributed by atoms with Gasteiger partial charge in [-0.2, -0.15) is 0 Å². The Morgan fingerprint density at radius 2 is 2.22 bits per heavy atom. The van der Waals surface area contributed by atoms with E-state index in [9.17, 15) is 9.59 Å². The summed E-state index contributed by atoms with van der Waals surface area (Å²) in [5, 5.41) is 2.59. The Bertz CT molecular complexity index is 770. The molecule has 1 unspecified atom stereocenters. The van der Waals surface area contributed by atoms with E-state index in [2.05, 4.69) is 15.3 Å². The van der Waals surface area contributed by atoms with Crippen LogP contribution >= 0.6 is 0 Å². The van der Waals surface area contributed by atoms with Crippen LogP contribution in [0.25, 0.3) is 11.0 Å². The van der Waals surface area contributed by atoms with Crippen LogP contribution in [-0.2, 0) is 9.53 Å². The Morgan fingerprint density at radius 3 is 2.96 bits per heavy atom. The predicted molar refractivity (Wildman–Crippen MR) is 85.2 cm³/mol. The van der Waals surface area contributed by atoms with Crippen LogP contribution < -0.4 is 5.32 Å². The molecule has 2 amide bonds. The molecule has 2 N–H and O–H groups in total. The first-order chi connectivity index (χ1) is 10.9. The molecule has 1 saturated heterocycles. The molecule has 3 rings (SSSR count). The minimum atomic E-state index is -1.02. The van der Waals surface area contributed by atoms with Crippen LogP contribution in [0.4, 0.5) is 0 Å². The molecule has 1 atom stereocenters. The molecule has 1 aliphatic heterocycles. The third kappa shape index (κ3) is 2.79. The molecule has 1 aromatic heterocycles. The van der Waals surface area contributed by atoms with Crippen LogP contribution in [0, 0.1) is 6.92 Å². The normalized spacial score (nSPS) is 21.4. The van der Waals surface area contributed by atoms with Gasteiger partial charge < -0.3 is 19.9 Å². The van der Waals surface area contributed by atoms with E-state index in [1.807, 2.05) is 13.0 Å². The summed E-state index contributed by atoms with van der Waals surface area (Å²) in [7, 11) is 1.56. The van der Waals surface area contributed by atoms with Crippen molar-refractivity contribution in [1.29, 1.82) is 0 Å². The van der Waals surface area contributed by atoms with Crippen molar-refractivity contribution in [2.24, 2.45) is 0 Å². The van der Waals surface area contributed by atoms with Crippen LogP contribution in [0.2, 0.25) is 0 Å². The summed E-state index contributed by atoms with van der Waals surface area (Å²) in [5.41, 5.74) is 1.21. The lowest BCUT2D eigenvalue weighted by Gasteiger charge is -2.39. The molecule has 0 spiro atoms. The number of nitrogens with one attached hydrogen (secondary N) is 2. The van der Waals surface area contributed by atoms with Crippen molar-refractivity contribution >= 4 is 22.8 Å². The second kappa shape index (κ2) is 5.66. The molecule has 2 aromatic rings. The zero-order valence-electron chi connectivity index (χ0n) is 13.5. The van der Waals surface area contributed by atoms with Crippen LogP contribution in [-0.4, -0.2) is 59.0 Å². The first-order valence-electron chi connectivity index (χ1n) is 7.55. The highest BCUT2D eigenvalue weighted by Crippen LogP contribution is 2.21. The summed E-state index contributed by atoms with van der Waals surface area (Å²) < 4.78 is 5.59. The molecular weight excluding hydrogens is 296 g/mol. The Labute approximate surface area is 134 Å². The van der Waals surface area contributed by atoms with Crippen LogP contribution in [0.3, 0.4) is 0 Å². The van der Waals surface area contributed by atoms with Gasteiger partial charge in [0.25, 0.3) is 11.8 Å². The van der Waals surface area contributed by atoms with Gasteiger partial charge in [0.05, 0.1) is 24.2 Å². The van der Waals surface area contributed by atoms with E-state index in [4.69, 9.17) is 4.74 Å². The Hall–Kier alpha value is -2.41. The standard InChI is InChI=1S/C16H20N4O3/c1-10-18-12-5-4-11(8-13(12)19-10)14(21)20-6-7-23-16(2,9-20)15(22)17-3/h4-5,8H,6-7,9H2,1-3H3,(H,17,22)(H,18,19). The molecule has 7 heteroatoms. The van der Waals surface area contributed by atoms with Gasteiger partial charge >= 0.3 is 0 Å². The average molecular weight is 316 g/mol. The van der Waals surface area contributed by atoms with Crippen molar-refractivity contribution in [2.75, 3.05) is 26.7 Å². The number of carbonyl (C=O) groups is 2. The van der Waals surface area contributed by atoms with Crippen molar-refractivity contribution in [3.63, 3.8) is 0 Å². The second-order valence-electron chi connectivity index (χ2n) is 5.94. The zero-order chi connectivity index (χ0) is 16.6. The molecular formula is C16H20N4O3. The number of amides is 2. The fraction of sp³-hybridized carbons (Fsp3) is 0.438. The fourth-order valence-corrected chi connectivity index (χ4v) is 2.90. The highest BCUT2D eigenvalue weighted by Gasteiger charge is 2.40. The number of hydrogen-bond acceptors (Lipinski definition) is 4. The molecule has 23 heavy (non-hydrogen) atoms. The molecule has 1 fully saturated rings. The van der Waals surface area contributed by atoms with Gasteiger partial charge in [0.1, 0.15) is 5.82 Å². The third-order valence-corrected chi connectivity index (χ3v) is 4.12. The number of fused-ring (bicyclic) bond motifs is 1. The van der Waals surface area contributed by atoms with Gasteiger partial charge in [0.2, 0.25) is 0 Å². The van der Waals surface area contributed by atoms with Crippen LogP contribution in [0.1, 0.15) is 23.1 Å². The van der Waals surface area contributed by atoms with Crippen molar-refractivity contribution in [3.8, 4) is 0 Å². The number of aromatic amines is 1. The van der Waals surface area contributed by atoms with E-state index >= 15 is 0 Å². The molecule has 0 saturated carbocycles. The molecule has 7 nitrogen and oxygen atoms in total. The Balaban J connectivity index is 1.84. The summed E-state index contributed by atoms with van der Waals surface area (Å²) in [4.78, 5) is 33.9. The fourth-order valence-electron chi connectivity index (χ4n) is 2.90. The van der Waals surface area contributed by atoms with E-state index in [1.54, 1.807) is 31.0 Å². The number of nitrogens with zero attached hydrogens (tertiary/aromatic N) is 2. The van der Waals surface area contributed by atoms with Crippen LogP contribution in [0.15, 0.2) is 18.2 Å². The monoisotopic (exact) mass is 316 g/mol. The quantitative estimate of drug-likeness (QED) is 0.860. The van der Waals surface area contributed by atoms with E-state index in [1.165, 1.54) is 0 Å². The lowest BCUT2D eigenvalue weighted by Crippen LogP contribution is -2.58. The molecule has 0 aliphatic carbocycles. The SMILES string of the molecule is CNC(=O)C1(C)CN(C(=O)c2ccc3nc(C)[nH]c3c2)CCO1. The minimum absolute atomic E-state index is 0.113. The van der Waals surface area contributed by atoms with Gasteiger partial charge in [-0.3, -0.25) is 9.59 Å². The summed E-state index contributed by atoms with van der Waals surface area (Å²) in [5.74, 6) is 0.468. The topological polar surface area (TPSA) is 87.3 Å². The van der Waals surface area contributed by atoms with E-state index in [0.29, 0.717) is 18.7 Å². The van der Waals surface area contributed by atoms with Gasteiger partial charge in [-0.15, -0.1) is 0 Å². The average Bonchev–Trinajstić information content (AvgIpc) is 2.92. The number of rotatable bonds is 2. The number of likely N-dealkylation sites (N-methyl/N-ethyl adjacent to an activating group) is 1. The van der Waals surface area contributed by atoms with Crippen molar-refractivity contribution in [2.45, 2.75) is 19.4 Å². The van der Waals surface area contributed by atoms with Crippen molar-refractivity contribution in [3.05, 3.63) is 29.6 Å². The number of imidazole rings is 1. The summed E-state index contributed by atoms with van der Waals surface area (Å²) in [6.07, 6.45) is 0. The maximum Gasteiger partial charge on any atom is 0.254 e.